The van der Waals surface area contributed by atoms with Crippen LogP contribution in [0.4, 0.5) is 0 Å². The molecular weight excluding hydrogens is 258 g/mol. The van der Waals surface area contributed by atoms with Gasteiger partial charge < -0.3 is 10.2 Å². The summed E-state index contributed by atoms with van der Waals surface area (Å²) in [5, 5.41) is 4.17. The molecule has 1 aromatic heterocycles. The first kappa shape index (κ1) is 14.5. The van der Waals surface area contributed by atoms with E-state index in [1.807, 2.05) is 0 Å². The lowest BCUT2D eigenvalue weighted by Crippen LogP contribution is -2.44. The lowest BCUT2D eigenvalue weighted by molar-refractivity contribution is 0.0915. The fourth-order valence-corrected chi connectivity index (χ4v) is 3.21. The quantitative estimate of drug-likeness (QED) is 0.901. The highest BCUT2D eigenvalue weighted by molar-refractivity contribution is 7.13. The number of likely N-dealkylation sites (tertiary alicyclic amines) is 1. The molecule has 1 aliphatic rings. The Morgan fingerprint density at radius 2 is 2.21 bits per heavy atom. The van der Waals surface area contributed by atoms with E-state index in [1.54, 1.807) is 6.20 Å². The van der Waals surface area contributed by atoms with Crippen molar-refractivity contribution in [3.63, 3.8) is 0 Å². The molecule has 0 radical (unpaired) electrons. The van der Waals surface area contributed by atoms with Crippen molar-refractivity contribution in [2.75, 3.05) is 19.6 Å². The zero-order chi connectivity index (χ0) is 13.7. The second-order valence-corrected chi connectivity index (χ2v) is 6.18. The van der Waals surface area contributed by atoms with E-state index in [9.17, 15) is 4.79 Å². The SMILES string of the molecule is CCCN1CCC(NC(=O)c2cnc(CC)s2)CC1. The lowest BCUT2D eigenvalue weighted by Gasteiger charge is -2.31. The van der Waals surface area contributed by atoms with E-state index in [0.717, 1.165) is 42.2 Å². The second kappa shape index (κ2) is 7.01. The van der Waals surface area contributed by atoms with Gasteiger partial charge >= 0.3 is 0 Å². The van der Waals surface area contributed by atoms with Crippen LogP contribution in [0.2, 0.25) is 0 Å². The van der Waals surface area contributed by atoms with Crippen molar-refractivity contribution in [1.29, 1.82) is 0 Å². The molecule has 1 aliphatic heterocycles. The van der Waals surface area contributed by atoms with Crippen molar-refractivity contribution in [2.24, 2.45) is 0 Å². The molecule has 19 heavy (non-hydrogen) atoms. The highest BCUT2D eigenvalue weighted by Gasteiger charge is 2.21. The fourth-order valence-electron chi connectivity index (χ4n) is 2.45. The molecule has 0 spiro atoms. The molecule has 0 aliphatic carbocycles. The van der Waals surface area contributed by atoms with Gasteiger partial charge in [0.1, 0.15) is 4.88 Å². The first-order valence-electron chi connectivity index (χ1n) is 7.20. The zero-order valence-corrected chi connectivity index (χ0v) is 12.6. The van der Waals surface area contributed by atoms with Gasteiger partial charge in [0.05, 0.1) is 11.2 Å². The molecule has 2 heterocycles. The molecule has 1 saturated heterocycles. The van der Waals surface area contributed by atoms with Crippen molar-refractivity contribution in [3.05, 3.63) is 16.1 Å². The standard InChI is InChI=1S/C14H23N3OS/c1-3-7-17-8-5-11(6-9-17)16-14(18)12-10-15-13(4-2)19-12/h10-11H,3-9H2,1-2H3,(H,16,18). The number of carbonyl (C=O) groups excluding carboxylic acids is 1. The molecule has 0 atom stereocenters. The smallest absolute Gasteiger partial charge is 0.263 e. The monoisotopic (exact) mass is 281 g/mol. The minimum Gasteiger partial charge on any atom is -0.348 e. The molecule has 106 valence electrons. The number of nitrogens with one attached hydrogen (secondary N) is 1. The summed E-state index contributed by atoms with van der Waals surface area (Å²) in [5.74, 6) is 0.0474. The average molecular weight is 281 g/mol. The Kier molecular flexibility index (Phi) is 5.34. The number of nitrogens with zero attached hydrogens (tertiary/aromatic N) is 2. The largest absolute Gasteiger partial charge is 0.348 e. The molecule has 1 amide bonds. The maximum Gasteiger partial charge on any atom is 0.263 e. The van der Waals surface area contributed by atoms with Crippen molar-refractivity contribution in [3.8, 4) is 0 Å². The number of piperidine rings is 1. The third kappa shape index (κ3) is 4.01. The van der Waals surface area contributed by atoms with E-state index in [0.29, 0.717) is 6.04 Å². The zero-order valence-electron chi connectivity index (χ0n) is 11.8. The van der Waals surface area contributed by atoms with Crippen LogP contribution < -0.4 is 5.32 Å². The Balaban J connectivity index is 1.80. The number of hydrogen-bond acceptors (Lipinski definition) is 4. The van der Waals surface area contributed by atoms with Crippen LogP contribution in [0.15, 0.2) is 6.20 Å². The van der Waals surface area contributed by atoms with E-state index in [4.69, 9.17) is 0 Å². The van der Waals surface area contributed by atoms with Gasteiger partial charge in [-0.05, 0) is 32.2 Å². The summed E-state index contributed by atoms with van der Waals surface area (Å²) in [6.45, 7) is 7.64. The van der Waals surface area contributed by atoms with E-state index in [1.165, 1.54) is 24.3 Å². The highest BCUT2D eigenvalue weighted by Crippen LogP contribution is 2.15. The van der Waals surface area contributed by atoms with Crippen LogP contribution in [0, 0.1) is 0 Å². The summed E-state index contributed by atoms with van der Waals surface area (Å²) in [4.78, 5) is 19.5. The fraction of sp³-hybridized carbons (Fsp3) is 0.714. The van der Waals surface area contributed by atoms with Gasteiger partial charge in [-0.1, -0.05) is 13.8 Å². The number of amides is 1. The number of aromatic nitrogens is 1. The van der Waals surface area contributed by atoms with Crippen molar-refractivity contribution in [1.82, 2.24) is 15.2 Å². The molecule has 0 bridgehead atoms. The van der Waals surface area contributed by atoms with Gasteiger partial charge in [0.25, 0.3) is 5.91 Å². The third-order valence-electron chi connectivity index (χ3n) is 3.54. The van der Waals surface area contributed by atoms with Gasteiger partial charge in [-0.25, -0.2) is 4.98 Å². The Morgan fingerprint density at radius 1 is 1.47 bits per heavy atom. The van der Waals surface area contributed by atoms with Crippen LogP contribution in [0.25, 0.3) is 0 Å². The summed E-state index contributed by atoms with van der Waals surface area (Å²) < 4.78 is 0. The number of carbonyl (C=O) groups is 1. The number of rotatable bonds is 5. The normalized spacial score (nSPS) is 17.6. The number of hydrogen-bond donors (Lipinski definition) is 1. The molecular formula is C14H23N3OS. The Labute approximate surface area is 119 Å². The number of thiazole rings is 1. The molecule has 0 aromatic carbocycles. The van der Waals surface area contributed by atoms with E-state index in [-0.39, 0.29) is 5.91 Å². The summed E-state index contributed by atoms with van der Waals surface area (Å²) in [7, 11) is 0. The second-order valence-electron chi connectivity index (χ2n) is 5.06. The van der Waals surface area contributed by atoms with Crippen LogP contribution in [0.5, 0.6) is 0 Å². The average Bonchev–Trinajstić information content (AvgIpc) is 2.90. The predicted octanol–water partition coefficient (Wildman–Crippen LogP) is 2.31. The first-order chi connectivity index (χ1) is 9.22. The summed E-state index contributed by atoms with van der Waals surface area (Å²) in [6, 6.07) is 0.327. The van der Waals surface area contributed by atoms with Gasteiger partial charge in [0.15, 0.2) is 0 Å². The highest BCUT2D eigenvalue weighted by atomic mass is 32.1. The van der Waals surface area contributed by atoms with Gasteiger partial charge in [-0.15, -0.1) is 11.3 Å². The van der Waals surface area contributed by atoms with E-state index in [2.05, 4.69) is 29.0 Å². The number of aryl methyl sites for hydroxylation is 1. The third-order valence-corrected chi connectivity index (χ3v) is 4.68. The topological polar surface area (TPSA) is 45.2 Å². The van der Waals surface area contributed by atoms with E-state index >= 15 is 0 Å². The summed E-state index contributed by atoms with van der Waals surface area (Å²) in [6.07, 6.45) is 5.92. The molecule has 4 nitrogen and oxygen atoms in total. The molecule has 0 unspecified atom stereocenters. The molecule has 1 fully saturated rings. The van der Waals surface area contributed by atoms with Crippen LogP contribution in [0.3, 0.4) is 0 Å². The Morgan fingerprint density at radius 3 is 2.79 bits per heavy atom. The van der Waals surface area contributed by atoms with Gasteiger partial charge in [0.2, 0.25) is 0 Å². The molecule has 5 heteroatoms. The van der Waals surface area contributed by atoms with Crippen molar-refractivity contribution >= 4 is 17.2 Å². The van der Waals surface area contributed by atoms with Crippen LogP contribution in [-0.4, -0.2) is 41.5 Å². The van der Waals surface area contributed by atoms with Crippen LogP contribution in [-0.2, 0) is 6.42 Å². The summed E-state index contributed by atoms with van der Waals surface area (Å²) >= 11 is 1.50. The molecule has 1 aromatic rings. The van der Waals surface area contributed by atoms with Gasteiger partial charge in [-0.3, -0.25) is 4.79 Å². The molecule has 2 rings (SSSR count). The maximum absolute atomic E-state index is 12.1. The van der Waals surface area contributed by atoms with Crippen LogP contribution in [0.1, 0.15) is 47.8 Å². The predicted molar refractivity (Wildman–Crippen MR) is 78.7 cm³/mol. The molecule has 0 saturated carbocycles. The minimum absolute atomic E-state index is 0.0474. The lowest BCUT2D eigenvalue weighted by atomic mass is 10.0. The van der Waals surface area contributed by atoms with Crippen molar-refractivity contribution < 1.29 is 4.79 Å². The Bertz CT molecular complexity index is 411. The minimum atomic E-state index is 0.0474. The van der Waals surface area contributed by atoms with Gasteiger partial charge in [0, 0.05) is 19.1 Å². The van der Waals surface area contributed by atoms with Gasteiger partial charge in [-0.2, -0.15) is 0 Å². The first-order valence-corrected chi connectivity index (χ1v) is 8.02. The Hall–Kier alpha value is -0.940. The molecule has 1 N–H and O–H groups in total. The van der Waals surface area contributed by atoms with Crippen LogP contribution >= 0.6 is 11.3 Å². The van der Waals surface area contributed by atoms with E-state index < -0.39 is 0 Å². The summed E-state index contributed by atoms with van der Waals surface area (Å²) in [5.41, 5.74) is 0. The maximum atomic E-state index is 12.1. The van der Waals surface area contributed by atoms with Crippen molar-refractivity contribution in [2.45, 2.75) is 45.6 Å².